The Balaban J connectivity index is 0.00000264. The number of thiophene rings is 1. The molecule has 1 atom stereocenters. The summed E-state index contributed by atoms with van der Waals surface area (Å²) in [5.41, 5.74) is 6.88. The molecule has 4 nitrogen and oxygen atoms in total. The van der Waals surface area contributed by atoms with Gasteiger partial charge in [0.2, 0.25) is 10.0 Å². The topological polar surface area (TPSA) is 72.2 Å². The molecule has 0 saturated heterocycles. The van der Waals surface area contributed by atoms with E-state index in [4.69, 9.17) is 5.73 Å². The highest BCUT2D eigenvalue weighted by Crippen LogP contribution is 2.31. The molecule has 0 spiro atoms. The maximum Gasteiger partial charge on any atom is 0.250 e. The third-order valence-electron chi connectivity index (χ3n) is 3.31. The van der Waals surface area contributed by atoms with Crippen molar-refractivity contribution in [3.8, 4) is 0 Å². The Bertz CT molecular complexity index is 722. The van der Waals surface area contributed by atoms with E-state index in [2.05, 4.69) is 25.5 Å². The van der Waals surface area contributed by atoms with Gasteiger partial charge in [-0.15, -0.1) is 23.7 Å². The van der Waals surface area contributed by atoms with Gasteiger partial charge in [0.1, 0.15) is 4.21 Å². The lowest BCUT2D eigenvalue weighted by Gasteiger charge is -2.15. The van der Waals surface area contributed by atoms with Gasteiger partial charge in [-0.1, -0.05) is 51.1 Å². The number of hydrogen-bond acceptors (Lipinski definition) is 4. The van der Waals surface area contributed by atoms with Gasteiger partial charge in [-0.25, -0.2) is 13.1 Å². The monoisotopic (exact) mass is 374 g/mol. The van der Waals surface area contributed by atoms with Crippen LogP contribution in [0.15, 0.2) is 46.7 Å². The van der Waals surface area contributed by atoms with Crippen LogP contribution in [0.4, 0.5) is 0 Å². The highest BCUT2D eigenvalue weighted by Gasteiger charge is 2.22. The highest BCUT2D eigenvalue weighted by molar-refractivity contribution is 7.91. The molecule has 0 aliphatic heterocycles. The van der Waals surface area contributed by atoms with E-state index in [-0.39, 0.29) is 30.4 Å². The first-order valence-electron chi connectivity index (χ1n) is 7.11. The van der Waals surface area contributed by atoms with Gasteiger partial charge in [0.15, 0.2) is 0 Å². The Morgan fingerprint density at radius 1 is 1.13 bits per heavy atom. The van der Waals surface area contributed by atoms with Crippen LogP contribution in [0.1, 0.15) is 37.3 Å². The Labute approximate surface area is 148 Å². The van der Waals surface area contributed by atoms with Crippen LogP contribution in [0.5, 0.6) is 0 Å². The molecule has 0 bridgehead atoms. The standard InChI is InChI=1S/C16H22N2O2S2.ClH/c1-16(2,3)14-9-10-15(21-14)22(19,20)18-11-13(17)12-7-5-4-6-8-12;/h4-10,13,18H,11,17H2,1-3H3;1H. The van der Waals surface area contributed by atoms with Gasteiger partial charge in [0.25, 0.3) is 0 Å². The first-order chi connectivity index (χ1) is 10.2. The summed E-state index contributed by atoms with van der Waals surface area (Å²) >= 11 is 1.30. The fraction of sp³-hybridized carbons (Fsp3) is 0.375. The van der Waals surface area contributed by atoms with Gasteiger partial charge in [0.05, 0.1) is 0 Å². The average Bonchev–Trinajstić information content (AvgIpc) is 2.96. The quantitative estimate of drug-likeness (QED) is 0.841. The number of hydrogen-bond donors (Lipinski definition) is 2. The van der Waals surface area contributed by atoms with Crippen LogP contribution < -0.4 is 10.5 Å². The molecular formula is C16H23ClN2O2S2. The van der Waals surface area contributed by atoms with Crippen LogP contribution in [-0.4, -0.2) is 15.0 Å². The number of halogens is 1. The molecule has 1 heterocycles. The highest BCUT2D eigenvalue weighted by atomic mass is 35.5. The molecule has 0 amide bonds. The largest absolute Gasteiger partial charge is 0.323 e. The fourth-order valence-corrected chi connectivity index (χ4v) is 4.42. The van der Waals surface area contributed by atoms with E-state index >= 15 is 0 Å². The van der Waals surface area contributed by atoms with Crippen LogP contribution in [0.3, 0.4) is 0 Å². The second kappa shape index (κ2) is 7.77. The van der Waals surface area contributed by atoms with E-state index < -0.39 is 10.0 Å². The normalized spacial score (nSPS) is 13.4. The fourth-order valence-electron chi connectivity index (χ4n) is 1.96. The second-order valence-electron chi connectivity index (χ2n) is 6.24. The van der Waals surface area contributed by atoms with Crippen LogP contribution in [0.2, 0.25) is 0 Å². The molecule has 0 radical (unpaired) electrons. The van der Waals surface area contributed by atoms with Crippen LogP contribution >= 0.6 is 23.7 Å². The second-order valence-corrected chi connectivity index (χ2v) is 9.32. The molecule has 0 aliphatic rings. The van der Waals surface area contributed by atoms with E-state index in [1.165, 1.54) is 11.3 Å². The predicted molar refractivity (Wildman–Crippen MR) is 98.8 cm³/mol. The van der Waals surface area contributed by atoms with Crippen molar-refractivity contribution in [2.24, 2.45) is 5.73 Å². The SMILES string of the molecule is CC(C)(C)c1ccc(S(=O)(=O)NCC(N)c2ccccc2)s1.Cl. The molecule has 0 fully saturated rings. The molecule has 1 aromatic heterocycles. The molecule has 2 aromatic rings. The molecule has 0 aliphatic carbocycles. The minimum absolute atomic E-state index is 0. The van der Waals surface area contributed by atoms with Gasteiger partial charge in [-0.05, 0) is 23.1 Å². The van der Waals surface area contributed by atoms with Gasteiger partial charge >= 0.3 is 0 Å². The number of sulfonamides is 1. The number of benzene rings is 1. The Hall–Kier alpha value is -0.920. The zero-order chi connectivity index (χ0) is 16.4. The van der Waals surface area contributed by atoms with E-state index in [1.54, 1.807) is 6.07 Å². The molecule has 7 heteroatoms. The lowest BCUT2D eigenvalue weighted by atomic mass is 9.95. The first kappa shape index (κ1) is 20.1. The smallest absolute Gasteiger partial charge is 0.250 e. The summed E-state index contributed by atoms with van der Waals surface area (Å²) in [6, 6.07) is 12.6. The number of nitrogens with one attached hydrogen (secondary N) is 1. The minimum atomic E-state index is -3.51. The molecule has 1 unspecified atom stereocenters. The third-order valence-corrected chi connectivity index (χ3v) is 6.73. The van der Waals surface area contributed by atoms with Gasteiger partial charge < -0.3 is 5.73 Å². The summed E-state index contributed by atoms with van der Waals surface area (Å²) in [5.74, 6) is 0. The zero-order valence-corrected chi connectivity index (χ0v) is 15.9. The van der Waals surface area contributed by atoms with Crippen LogP contribution in [-0.2, 0) is 15.4 Å². The van der Waals surface area contributed by atoms with E-state index in [9.17, 15) is 8.42 Å². The Morgan fingerprint density at radius 2 is 1.74 bits per heavy atom. The summed E-state index contributed by atoms with van der Waals surface area (Å²) in [5, 5.41) is 0. The lowest BCUT2D eigenvalue weighted by molar-refractivity contribution is 0.574. The van der Waals surface area contributed by atoms with E-state index in [0.29, 0.717) is 4.21 Å². The average molecular weight is 375 g/mol. The third kappa shape index (κ3) is 5.29. The van der Waals surface area contributed by atoms with E-state index in [0.717, 1.165) is 10.4 Å². The molecule has 2 rings (SSSR count). The van der Waals surface area contributed by atoms with Crippen molar-refractivity contribution in [2.75, 3.05) is 6.54 Å². The van der Waals surface area contributed by atoms with Gasteiger partial charge in [-0.2, -0.15) is 0 Å². The van der Waals surface area contributed by atoms with Crippen LogP contribution in [0, 0.1) is 0 Å². The summed E-state index contributed by atoms with van der Waals surface area (Å²) < 4.78 is 27.6. The maximum absolute atomic E-state index is 12.4. The van der Waals surface area contributed by atoms with Crippen molar-refractivity contribution < 1.29 is 8.42 Å². The molecule has 1 aromatic carbocycles. The van der Waals surface area contributed by atoms with Gasteiger partial charge in [0, 0.05) is 17.5 Å². The first-order valence-corrected chi connectivity index (χ1v) is 9.40. The summed E-state index contributed by atoms with van der Waals surface area (Å²) in [7, 11) is -3.51. The van der Waals surface area contributed by atoms with Crippen molar-refractivity contribution in [1.29, 1.82) is 0 Å². The maximum atomic E-state index is 12.4. The number of nitrogens with two attached hydrogens (primary N) is 1. The summed E-state index contributed by atoms with van der Waals surface area (Å²) in [6.07, 6.45) is 0. The van der Waals surface area contributed by atoms with Crippen molar-refractivity contribution in [2.45, 2.75) is 36.4 Å². The van der Waals surface area contributed by atoms with Gasteiger partial charge in [-0.3, -0.25) is 0 Å². The zero-order valence-electron chi connectivity index (χ0n) is 13.4. The lowest BCUT2D eigenvalue weighted by Crippen LogP contribution is -2.31. The summed E-state index contributed by atoms with van der Waals surface area (Å²) in [4.78, 5) is 1.04. The molecule has 23 heavy (non-hydrogen) atoms. The molecule has 0 saturated carbocycles. The van der Waals surface area contributed by atoms with Crippen molar-refractivity contribution in [1.82, 2.24) is 4.72 Å². The molecular weight excluding hydrogens is 352 g/mol. The Morgan fingerprint density at radius 3 is 2.26 bits per heavy atom. The predicted octanol–water partition coefficient (Wildman–Crippen LogP) is 3.45. The minimum Gasteiger partial charge on any atom is -0.323 e. The van der Waals surface area contributed by atoms with Crippen LogP contribution in [0.25, 0.3) is 0 Å². The Kier molecular flexibility index (Phi) is 6.80. The number of rotatable bonds is 5. The summed E-state index contributed by atoms with van der Waals surface area (Å²) in [6.45, 7) is 6.37. The van der Waals surface area contributed by atoms with Crippen molar-refractivity contribution in [3.05, 3.63) is 52.9 Å². The van der Waals surface area contributed by atoms with Crippen molar-refractivity contribution in [3.63, 3.8) is 0 Å². The van der Waals surface area contributed by atoms with Crippen molar-refractivity contribution >= 4 is 33.8 Å². The van der Waals surface area contributed by atoms with E-state index in [1.807, 2.05) is 36.4 Å². The molecule has 128 valence electrons. The molecule has 3 N–H and O–H groups in total.